The van der Waals surface area contributed by atoms with E-state index in [-0.39, 0.29) is 5.69 Å². The Morgan fingerprint density at radius 3 is 2.50 bits per heavy atom. The highest BCUT2D eigenvalue weighted by Gasteiger charge is 2.07. The molecule has 1 heterocycles. The first-order valence-electron chi connectivity index (χ1n) is 7.55. The van der Waals surface area contributed by atoms with Gasteiger partial charge in [-0.3, -0.25) is 4.57 Å². The molecule has 0 radical (unpaired) electrons. The maximum absolute atomic E-state index is 12.0. The van der Waals surface area contributed by atoms with E-state index in [9.17, 15) is 13.2 Å². The van der Waals surface area contributed by atoms with Crippen LogP contribution in [0.15, 0.2) is 63.1 Å². The van der Waals surface area contributed by atoms with E-state index in [4.69, 9.17) is 0 Å². The zero-order valence-electron chi connectivity index (χ0n) is 13.2. The Morgan fingerprint density at radius 2 is 1.79 bits per heavy atom. The fraction of sp³-hybridized carbons (Fsp3) is 0.235. The van der Waals surface area contributed by atoms with Crippen LogP contribution >= 0.6 is 11.8 Å². The predicted octanol–water partition coefficient (Wildman–Crippen LogP) is 2.92. The van der Waals surface area contributed by atoms with E-state index in [0.29, 0.717) is 11.4 Å². The lowest BCUT2D eigenvalue weighted by atomic mass is 10.3. The molecule has 0 aliphatic heterocycles. The zero-order valence-corrected chi connectivity index (χ0v) is 14.9. The van der Waals surface area contributed by atoms with Gasteiger partial charge in [0.25, 0.3) is 0 Å². The Bertz CT molecular complexity index is 1000. The van der Waals surface area contributed by atoms with E-state index >= 15 is 0 Å². The minimum absolute atomic E-state index is 0.0845. The Labute approximate surface area is 144 Å². The molecule has 3 rings (SSSR count). The molecular formula is C17H18N2O3S2. The minimum Gasteiger partial charge on any atom is -0.306 e. The first-order valence-corrected chi connectivity index (χ1v) is 10.4. The van der Waals surface area contributed by atoms with Crippen molar-refractivity contribution >= 4 is 32.6 Å². The number of aromatic nitrogens is 2. The lowest BCUT2D eigenvalue weighted by Gasteiger charge is -2.05. The smallest absolute Gasteiger partial charge is 0.306 e. The Balaban J connectivity index is 1.59. The van der Waals surface area contributed by atoms with Gasteiger partial charge in [-0.25, -0.2) is 13.2 Å². The first-order chi connectivity index (χ1) is 11.4. The summed E-state index contributed by atoms with van der Waals surface area (Å²) >= 11 is 1.65. The van der Waals surface area contributed by atoms with E-state index in [0.717, 1.165) is 28.1 Å². The van der Waals surface area contributed by atoms with Gasteiger partial charge in [0, 0.05) is 17.7 Å². The normalized spacial score (nSPS) is 11.9. The predicted molar refractivity (Wildman–Crippen MR) is 97.5 cm³/mol. The SMILES string of the molecule is CS(=O)(=O)c1ccc(SCCCn2c(=O)[nH]c3ccccc32)cc1. The second-order valence-corrected chi connectivity index (χ2v) is 8.73. The summed E-state index contributed by atoms with van der Waals surface area (Å²) in [5, 5.41) is 0. The molecule has 2 aromatic carbocycles. The van der Waals surface area contributed by atoms with Crippen LogP contribution in [-0.4, -0.2) is 30.0 Å². The third kappa shape index (κ3) is 3.73. The molecule has 0 aliphatic carbocycles. The van der Waals surface area contributed by atoms with E-state index in [1.807, 2.05) is 36.4 Å². The minimum atomic E-state index is -3.15. The molecule has 1 aromatic heterocycles. The van der Waals surface area contributed by atoms with Crippen LogP contribution in [0.1, 0.15) is 6.42 Å². The van der Waals surface area contributed by atoms with Crippen LogP contribution in [0, 0.1) is 0 Å². The van der Waals surface area contributed by atoms with Gasteiger partial charge < -0.3 is 4.98 Å². The van der Waals surface area contributed by atoms with Crippen molar-refractivity contribution in [2.45, 2.75) is 22.8 Å². The molecule has 0 spiro atoms. The maximum atomic E-state index is 12.0. The first kappa shape index (κ1) is 16.9. The number of fused-ring (bicyclic) bond motifs is 1. The van der Waals surface area contributed by atoms with Crippen LogP contribution in [0.3, 0.4) is 0 Å². The highest BCUT2D eigenvalue weighted by Crippen LogP contribution is 2.21. The fourth-order valence-corrected chi connectivity index (χ4v) is 3.99. The number of para-hydroxylation sites is 2. The lowest BCUT2D eigenvalue weighted by molar-refractivity contribution is 0.602. The lowest BCUT2D eigenvalue weighted by Crippen LogP contribution is -2.17. The van der Waals surface area contributed by atoms with Gasteiger partial charge >= 0.3 is 5.69 Å². The standard InChI is InChI=1S/C17H18N2O3S2/c1-24(21,22)14-9-7-13(8-10-14)23-12-4-11-19-16-6-3-2-5-15(16)18-17(19)20/h2-3,5-10H,4,11-12H2,1H3,(H,18,20). The number of thioether (sulfide) groups is 1. The van der Waals surface area contributed by atoms with Crippen molar-refractivity contribution in [1.82, 2.24) is 9.55 Å². The summed E-state index contributed by atoms with van der Waals surface area (Å²) in [4.78, 5) is 16.2. The van der Waals surface area contributed by atoms with Crippen molar-refractivity contribution in [3.05, 3.63) is 59.0 Å². The van der Waals surface area contributed by atoms with Crippen molar-refractivity contribution in [3.63, 3.8) is 0 Å². The van der Waals surface area contributed by atoms with Crippen LogP contribution in [0.2, 0.25) is 0 Å². The van der Waals surface area contributed by atoms with E-state index in [2.05, 4.69) is 4.98 Å². The van der Waals surface area contributed by atoms with Crippen molar-refractivity contribution < 1.29 is 8.42 Å². The summed E-state index contributed by atoms with van der Waals surface area (Å²) in [6.45, 7) is 0.650. The fourth-order valence-electron chi connectivity index (χ4n) is 2.52. The molecule has 7 heteroatoms. The number of hydrogen-bond acceptors (Lipinski definition) is 4. The third-order valence-electron chi connectivity index (χ3n) is 3.73. The molecule has 0 fully saturated rings. The Kier molecular flexibility index (Phi) is 4.82. The summed E-state index contributed by atoms with van der Waals surface area (Å²) in [5.41, 5.74) is 1.69. The van der Waals surface area contributed by atoms with Gasteiger partial charge in [0.1, 0.15) is 0 Å². The van der Waals surface area contributed by atoms with Gasteiger partial charge in [0.2, 0.25) is 0 Å². The summed E-state index contributed by atoms with van der Waals surface area (Å²) in [7, 11) is -3.15. The second kappa shape index (κ2) is 6.86. The van der Waals surface area contributed by atoms with Crippen molar-refractivity contribution in [1.29, 1.82) is 0 Å². The highest BCUT2D eigenvalue weighted by molar-refractivity contribution is 7.99. The second-order valence-electron chi connectivity index (χ2n) is 5.54. The molecule has 3 aromatic rings. The van der Waals surface area contributed by atoms with Gasteiger partial charge in [0.05, 0.1) is 15.9 Å². The van der Waals surface area contributed by atoms with Crippen LogP contribution in [-0.2, 0) is 16.4 Å². The third-order valence-corrected chi connectivity index (χ3v) is 5.96. The average molecular weight is 362 g/mol. The maximum Gasteiger partial charge on any atom is 0.326 e. The van der Waals surface area contributed by atoms with Crippen LogP contribution in [0.25, 0.3) is 11.0 Å². The van der Waals surface area contributed by atoms with Gasteiger partial charge in [-0.05, 0) is 48.6 Å². The number of hydrogen-bond donors (Lipinski definition) is 1. The number of imidazole rings is 1. The highest BCUT2D eigenvalue weighted by atomic mass is 32.2. The number of aromatic amines is 1. The van der Waals surface area contributed by atoms with E-state index < -0.39 is 9.84 Å². The number of benzene rings is 2. The molecule has 0 unspecified atom stereocenters. The molecular weight excluding hydrogens is 344 g/mol. The van der Waals surface area contributed by atoms with Crippen molar-refractivity contribution in [3.8, 4) is 0 Å². The molecule has 0 saturated heterocycles. The number of nitrogens with zero attached hydrogens (tertiary/aromatic N) is 1. The van der Waals surface area contributed by atoms with Gasteiger partial charge in [0.15, 0.2) is 9.84 Å². The summed E-state index contributed by atoms with van der Waals surface area (Å²) < 4.78 is 24.6. The molecule has 0 aliphatic rings. The van der Waals surface area contributed by atoms with Gasteiger partial charge in [-0.1, -0.05) is 12.1 Å². The monoisotopic (exact) mass is 362 g/mol. The average Bonchev–Trinajstić information content (AvgIpc) is 2.87. The molecule has 0 bridgehead atoms. The Hall–Kier alpha value is -1.99. The molecule has 24 heavy (non-hydrogen) atoms. The van der Waals surface area contributed by atoms with E-state index in [1.54, 1.807) is 28.5 Å². The molecule has 0 atom stereocenters. The number of rotatable bonds is 6. The summed E-state index contributed by atoms with van der Waals surface area (Å²) in [5.74, 6) is 0.851. The van der Waals surface area contributed by atoms with E-state index in [1.165, 1.54) is 6.26 Å². The summed E-state index contributed by atoms with van der Waals surface area (Å²) in [6, 6.07) is 14.5. The summed E-state index contributed by atoms with van der Waals surface area (Å²) in [6.07, 6.45) is 2.05. The van der Waals surface area contributed by atoms with Crippen LogP contribution < -0.4 is 5.69 Å². The van der Waals surface area contributed by atoms with Crippen LogP contribution in [0.4, 0.5) is 0 Å². The van der Waals surface area contributed by atoms with Gasteiger partial charge in [-0.15, -0.1) is 11.8 Å². The quantitative estimate of drug-likeness (QED) is 0.541. The molecule has 0 saturated carbocycles. The molecule has 1 N–H and O–H groups in total. The Morgan fingerprint density at radius 1 is 1.08 bits per heavy atom. The van der Waals surface area contributed by atoms with Gasteiger partial charge in [-0.2, -0.15) is 0 Å². The van der Waals surface area contributed by atoms with Crippen molar-refractivity contribution in [2.75, 3.05) is 12.0 Å². The number of sulfone groups is 1. The molecule has 5 nitrogen and oxygen atoms in total. The number of aryl methyl sites for hydroxylation is 1. The number of H-pyrrole nitrogens is 1. The largest absolute Gasteiger partial charge is 0.326 e. The topological polar surface area (TPSA) is 71.9 Å². The van der Waals surface area contributed by atoms with Crippen LogP contribution in [0.5, 0.6) is 0 Å². The zero-order chi connectivity index (χ0) is 17.2. The number of nitrogens with one attached hydrogen (secondary N) is 1. The van der Waals surface area contributed by atoms with Crippen molar-refractivity contribution in [2.24, 2.45) is 0 Å². The molecule has 126 valence electrons. The molecule has 0 amide bonds.